The molecule has 0 saturated carbocycles. The predicted molar refractivity (Wildman–Crippen MR) is 54.2 cm³/mol. The van der Waals surface area contributed by atoms with Crippen molar-refractivity contribution in [1.29, 1.82) is 0 Å². The van der Waals surface area contributed by atoms with Gasteiger partial charge in [-0.15, -0.1) is 11.3 Å². The van der Waals surface area contributed by atoms with Gasteiger partial charge in [-0.3, -0.25) is 0 Å². The summed E-state index contributed by atoms with van der Waals surface area (Å²) in [5.41, 5.74) is 5.61. The first-order valence-electron chi connectivity index (χ1n) is 3.96. The van der Waals surface area contributed by atoms with Gasteiger partial charge in [0.15, 0.2) is 0 Å². The average Bonchev–Trinajstić information content (AvgIpc) is 2.46. The monoisotopic (exact) mass is 287 g/mol. The van der Waals surface area contributed by atoms with Gasteiger partial charge in [-0.1, -0.05) is 0 Å². The molecule has 0 bridgehead atoms. The summed E-state index contributed by atoms with van der Waals surface area (Å²) in [4.78, 5) is 0.779. The summed E-state index contributed by atoms with van der Waals surface area (Å²) in [5.74, 6) is 0. The van der Waals surface area contributed by atoms with E-state index in [1.807, 2.05) is 0 Å². The molecule has 1 heterocycles. The highest BCUT2D eigenvalue weighted by atomic mass is 79.9. The molecule has 0 aromatic carbocycles. The normalized spacial score (nSPS) is 14.4. The van der Waals surface area contributed by atoms with Crippen LogP contribution in [-0.2, 0) is 0 Å². The molecule has 2 N–H and O–H groups in total. The molecule has 14 heavy (non-hydrogen) atoms. The van der Waals surface area contributed by atoms with Gasteiger partial charge in [0.05, 0.1) is 3.79 Å². The van der Waals surface area contributed by atoms with Gasteiger partial charge in [-0.05, 0) is 34.5 Å². The second-order valence-corrected chi connectivity index (χ2v) is 5.40. The first-order valence-corrected chi connectivity index (χ1v) is 5.57. The number of alkyl halides is 3. The van der Waals surface area contributed by atoms with E-state index in [0.29, 0.717) is 0 Å². The van der Waals surface area contributed by atoms with Crippen LogP contribution < -0.4 is 5.73 Å². The van der Waals surface area contributed by atoms with Crippen LogP contribution in [0.25, 0.3) is 0 Å². The number of hydrogen-bond donors (Lipinski definition) is 1. The Hall–Kier alpha value is -0.0700. The van der Waals surface area contributed by atoms with Crippen LogP contribution in [0, 0.1) is 0 Å². The van der Waals surface area contributed by atoms with E-state index in [1.54, 1.807) is 12.1 Å². The fourth-order valence-electron chi connectivity index (χ4n) is 0.989. The van der Waals surface area contributed by atoms with E-state index in [0.717, 1.165) is 8.66 Å². The van der Waals surface area contributed by atoms with Crippen molar-refractivity contribution in [3.63, 3.8) is 0 Å². The lowest BCUT2D eigenvalue weighted by atomic mass is 10.1. The molecule has 0 aliphatic rings. The summed E-state index contributed by atoms with van der Waals surface area (Å²) in [6.07, 6.45) is -5.01. The standard InChI is InChI=1S/C8H9BrF3NS/c9-7-2-1-6(14-7)5(13)3-4-8(10,11)12/h1-2,5H,3-4,13H2/t5-/m0/s1. The molecule has 0 amide bonds. The number of nitrogens with two attached hydrogens (primary N) is 1. The van der Waals surface area contributed by atoms with Crippen molar-refractivity contribution in [2.24, 2.45) is 5.73 Å². The van der Waals surface area contributed by atoms with Crippen LogP contribution in [0.4, 0.5) is 13.2 Å². The SMILES string of the molecule is N[C@@H](CCC(F)(F)F)c1ccc(Br)s1. The molecule has 1 aromatic heterocycles. The van der Waals surface area contributed by atoms with Gasteiger partial charge < -0.3 is 5.73 Å². The topological polar surface area (TPSA) is 26.0 Å². The van der Waals surface area contributed by atoms with E-state index in [-0.39, 0.29) is 6.42 Å². The molecule has 1 rings (SSSR count). The van der Waals surface area contributed by atoms with E-state index in [1.165, 1.54) is 11.3 Å². The number of thiophene rings is 1. The zero-order valence-electron chi connectivity index (χ0n) is 7.14. The van der Waals surface area contributed by atoms with Crippen LogP contribution in [0.3, 0.4) is 0 Å². The largest absolute Gasteiger partial charge is 0.389 e. The minimum atomic E-state index is -4.12. The molecule has 0 saturated heterocycles. The number of rotatable bonds is 3. The predicted octanol–water partition coefficient (Wildman–Crippen LogP) is 3.85. The highest BCUT2D eigenvalue weighted by molar-refractivity contribution is 9.11. The van der Waals surface area contributed by atoms with Crippen LogP contribution in [0.1, 0.15) is 23.8 Å². The van der Waals surface area contributed by atoms with Crippen molar-refractivity contribution in [3.8, 4) is 0 Å². The lowest BCUT2D eigenvalue weighted by Crippen LogP contribution is -2.14. The van der Waals surface area contributed by atoms with E-state index in [2.05, 4.69) is 15.9 Å². The van der Waals surface area contributed by atoms with E-state index >= 15 is 0 Å². The van der Waals surface area contributed by atoms with Crippen LogP contribution in [0.2, 0.25) is 0 Å². The second-order valence-electron chi connectivity index (χ2n) is 2.90. The maximum absolute atomic E-state index is 11.9. The Kier molecular flexibility index (Phi) is 3.97. The van der Waals surface area contributed by atoms with Gasteiger partial charge in [-0.2, -0.15) is 13.2 Å². The fraction of sp³-hybridized carbons (Fsp3) is 0.500. The Bertz CT molecular complexity index is 297. The molecule has 0 radical (unpaired) electrons. The summed E-state index contributed by atoms with van der Waals surface area (Å²) >= 11 is 4.60. The maximum atomic E-state index is 11.9. The highest BCUT2D eigenvalue weighted by Gasteiger charge is 2.28. The lowest BCUT2D eigenvalue weighted by Gasteiger charge is -2.11. The van der Waals surface area contributed by atoms with Gasteiger partial charge in [0.2, 0.25) is 0 Å². The molecule has 0 aliphatic carbocycles. The summed E-state index contributed by atoms with van der Waals surface area (Å²) < 4.78 is 36.5. The van der Waals surface area contributed by atoms with Crippen molar-refractivity contribution in [2.75, 3.05) is 0 Å². The Balaban J connectivity index is 2.47. The molecule has 1 nitrogen and oxygen atoms in total. The zero-order valence-corrected chi connectivity index (χ0v) is 9.55. The van der Waals surface area contributed by atoms with Crippen LogP contribution in [0.15, 0.2) is 15.9 Å². The molecule has 0 fully saturated rings. The van der Waals surface area contributed by atoms with Crippen molar-refractivity contribution < 1.29 is 13.2 Å². The van der Waals surface area contributed by atoms with Gasteiger partial charge in [0.25, 0.3) is 0 Å². The molecular weight excluding hydrogens is 279 g/mol. The summed E-state index contributed by atoms with van der Waals surface area (Å²) in [5, 5.41) is 0. The van der Waals surface area contributed by atoms with Crippen LogP contribution in [-0.4, -0.2) is 6.18 Å². The Morgan fingerprint density at radius 3 is 2.50 bits per heavy atom. The third-order valence-electron chi connectivity index (χ3n) is 1.70. The first kappa shape index (κ1) is 12.0. The number of hydrogen-bond acceptors (Lipinski definition) is 2. The lowest BCUT2D eigenvalue weighted by molar-refractivity contribution is -0.136. The molecule has 0 spiro atoms. The van der Waals surface area contributed by atoms with Gasteiger partial charge in [0.1, 0.15) is 0 Å². The minimum absolute atomic E-state index is 0.0591. The third kappa shape index (κ3) is 3.98. The summed E-state index contributed by atoms with van der Waals surface area (Å²) in [6, 6.07) is 3.01. The molecular formula is C8H9BrF3NS. The fourth-order valence-corrected chi connectivity index (χ4v) is 2.45. The number of halogens is 4. The summed E-state index contributed by atoms with van der Waals surface area (Å²) in [6.45, 7) is 0. The van der Waals surface area contributed by atoms with Gasteiger partial charge in [-0.25, -0.2) is 0 Å². The quantitative estimate of drug-likeness (QED) is 0.898. The van der Waals surface area contributed by atoms with Crippen molar-refractivity contribution in [1.82, 2.24) is 0 Å². The minimum Gasteiger partial charge on any atom is -0.323 e. The molecule has 1 atom stereocenters. The smallest absolute Gasteiger partial charge is 0.323 e. The van der Waals surface area contributed by atoms with Crippen molar-refractivity contribution in [2.45, 2.75) is 25.1 Å². The Morgan fingerprint density at radius 1 is 1.43 bits per heavy atom. The van der Waals surface area contributed by atoms with Gasteiger partial charge >= 0.3 is 6.18 Å². The highest BCUT2D eigenvalue weighted by Crippen LogP contribution is 2.31. The van der Waals surface area contributed by atoms with Crippen molar-refractivity contribution >= 4 is 27.3 Å². The van der Waals surface area contributed by atoms with E-state index in [9.17, 15) is 13.2 Å². The van der Waals surface area contributed by atoms with Crippen LogP contribution >= 0.6 is 27.3 Å². The van der Waals surface area contributed by atoms with Crippen molar-refractivity contribution in [3.05, 3.63) is 20.8 Å². The molecule has 6 heteroatoms. The molecule has 1 aromatic rings. The van der Waals surface area contributed by atoms with Gasteiger partial charge in [0, 0.05) is 17.3 Å². The summed E-state index contributed by atoms with van der Waals surface area (Å²) in [7, 11) is 0. The maximum Gasteiger partial charge on any atom is 0.389 e. The first-order chi connectivity index (χ1) is 6.38. The zero-order chi connectivity index (χ0) is 10.8. The Labute approximate surface area is 92.2 Å². The average molecular weight is 288 g/mol. The molecule has 0 unspecified atom stereocenters. The van der Waals surface area contributed by atoms with E-state index in [4.69, 9.17) is 5.73 Å². The Morgan fingerprint density at radius 2 is 2.07 bits per heavy atom. The third-order valence-corrected chi connectivity index (χ3v) is 3.45. The molecule has 0 aliphatic heterocycles. The van der Waals surface area contributed by atoms with E-state index < -0.39 is 18.6 Å². The molecule has 80 valence electrons. The second kappa shape index (κ2) is 4.63. The van der Waals surface area contributed by atoms with Crippen LogP contribution in [0.5, 0.6) is 0 Å².